The number of hydrogen-bond donors (Lipinski definition) is 2. The molecular weight excluding hydrogens is 238 g/mol. The summed E-state index contributed by atoms with van der Waals surface area (Å²) >= 11 is 1.57. The van der Waals surface area contributed by atoms with Gasteiger partial charge in [0.15, 0.2) is 0 Å². The predicted octanol–water partition coefficient (Wildman–Crippen LogP) is 1.03. The van der Waals surface area contributed by atoms with Crippen LogP contribution in [-0.2, 0) is 9.53 Å². The topological polar surface area (TPSA) is 58.6 Å². The number of nitrogens with one attached hydrogen (secondary N) is 1. The standard InChI is InChI=1S/C12H15NO3S/c14-11(4-3-10-2-1-7-17-10)13-8-12(15)5-6-16-9-12/h1-4,7,15H,5-6,8-9H2,(H,13,14)/b4-3+. The molecule has 1 aliphatic rings. The van der Waals surface area contributed by atoms with E-state index in [4.69, 9.17) is 4.74 Å². The van der Waals surface area contributed by atoms with Crippen LogP contribution in [0.3, 0.4) is 0 Å². The average Bonchev–Trinajstić information content (AvgIpc) is 2.95. The summed E-state index contributed by atoms with van der Waals surface area (Å²) in [5.74, 6) is -0.196. The number of rotatable bonds is 4. The Morgan fingerprint density at radius 3 is 3.24 bits per heavy atom. The van der Waals surface area contributed by atoms with Crippen molar-refractivity contribution in [2.24, 2.45) is 0 Å². The van der Waals surface area contributed by atoms with E-state index in [-0.39, 0.29) is 12.5 Å². The summed E-state index contributed by atoms with van der Waals surface area (Å²) in [7, 11) is 0. The summed E-state index contributed by atoms with van der Waals surface area (Å²) in [6.45, 7) is 1.08. The molecule has 4 nitrogen and oxygen atoms in total. The quantitative estimate of drug-likeness (QED) is 0.788. The molecule has 1 saturated heterocycles. The molecule has 0 bridgehead atoms. The van der Waals surface area contributed by atoms with Crippen LogP contribution in [0.5, 0.6) is 0 Å². The lowest BCUT2D eigenvalue weighted by molar-refractivity contribution is -0.117. The van der Waals surface area contributed by atoms with Gasteiger partial charge >= 0.3 is 0 Å². The van der Waals surface area contributed by atoms with Gasteiger partial charge in [-0.2, -0.15) is 0 Å². The molecule has 0 aromatic carbocycles. The Kier molecular flexibility index (Phi) is 3.93. The van der Waals surface area contributed by atoms with Gasteiger partial charge < -0.3 is 15.2 Å². The minimum atomic E-state index is -0.896. The van der Waals surface area contributed by atoms with Crippen molar-refractivity contribution in [3.8, 4) is 0 Å². The number of amides is 1. The fraction of sp³-hybridized carbons (Fsp3) is 0.417. The van der Waals surface area contributed by atoms with Crippen LogP contribution >= 0.6 is 11.3 Å². The fourth-order valence-electron chi connectivity index (χ4n) is 1.59. The maximum Gasteiger partial charge on any atom is 0.244 e. The lowest BCUT2D eigenvalue weighted by Crippen LogP contribution is -2.42. The monoisotopic (exact) mass is 253 g/mol. The first-order valence-electron chi connectivity index (χ1n) is 5.48. The van der Waals surface area contributed by atoms with Gasteiger partial charge in [-0.25, -0.2) is 0 Å². The molecule has 0 spiro atoms. The number of hydrogen-bond acceptors (Lipinski definition) is 4. The van der Waals surface area contributed by atoms with Crippen molar-refractivity contribution >= 4 is 23.3 Å². The molecule has 0 radical (unpaired) electrons. The van der Waals surface area contributed by atoms with E-state index in [1.807, 2.05) is 17.5 Å². The zero-order valence-electron chi connectivity index (χ0n) is 9.39. The number of thiophene rings is 1. The molecule has 17 heavy (non-hydrogen) atoms. The molecule has 92 valence electrons. The Balaban J connectivity index is 1.78. The van der Waals surface area contributed by atoms with E-state index in [9.17, 15) is 9.90 Å². The highest BCUT2D eigenvalue weighted by Crippen LogP contribution is 2.16. The molecule has 2 heterocycles. The molecule has 1 aromatic rings. The number of carbonyl (C=O) groups is 1. The fourth-order valence-corrected chi connectivity index (χ4v) is 2.21. The van der Waals surface area contributed by atoms with Gasteiger partial charge in [-0.1, -0.05) is 6.07 Å². The molecule has 1 aliphatic heterocycles. The molecule has 2 rings (SSSR count). The minimum absolute atomic E-state index is 0.196. The van der Waals surface area contributed by atoms with Crippen LogP contribution in [0, 0.1) is 0 Å². The van der Waals surface area contributed by atoms with E-state index in [2.05, 4.69) is 5.32 Å². The van der Waals surface area contributed by atoms with E-state index in [0.717, 1.165) is 4.88 Å². The number of carbonyl (C=O) groups excluding carboxylic acids is 1. The van der Waals surface area contributed by atoms with Gasteiger partial charge in [0.25, 0.3) is 0 Å². The third-order valence-corrected chi connectivity index (χ3v) is 3.45. The van der Waals surface area contributed by atoms with Crippen molar-refractivity contribution in [2.75, 3.05) is 19.8 Å². The van der Waals surface area contributed by atoms with E-state index < -0.39 is 5.60 Å². The van der Waals surface area contributed by atoms with Crippen LogP contribution in [0.4, 0.5) is 0 Å². The average molecular weight is 253 g/mol. The van der Waals surface area contributed by atoms with Gasteiger partial charge in [0.05, 0.1) is 6.61 Å². The van der Waals surface area contributed by atoms with Gasteiger partial charge in [0.1, 0.15) is 5.60 Å². The Morgan fingerprint density at radius 2 is 2.59 bits per heavy atom. The Labute approximate surface area is 104 Å². The normalized spacial score (nSPS) is 24.3. The van der Waals surface area contributed by atoms with Crippen molar-refractivity contribution in [1.82, 2.24) is 5.32 Å². The van der Waals surface area contributed by atoms with Crippen molar-refractivity contribution < 1.29 is 14.6 Å². The van der Waals surface area contributed by atoms with E-state index >= 15 is 0 Å². The molecule has 1 amide bonds. The highest BCUT2D eigenvalue weighted by molar-refractivity contribution is 7.10. The Bertz CT molecular complexity index is 394. The van der Waals surface area contributed by atoms with E-state index in [1.165, 1.54) is 6.08 Å². The summed E-state index contributed by atoms with van der Waals surface area (Å²) in [6, 6.07) is 3.87. The van der Waals surface area contributed by atoms with Gasteiger partial charge in [-0.15, -0.1) is 11.3 Å². The second-order valence-corrected chi connectivity index (χ2v) is 5.07. The maximum atomic E-state index is 11.5. The first kappa shape index (κ1) is 12.3. The molecule has 2 N–H and O–H groups in total. The van der Waals surface area contributed by atoms with Crippen LogP contribution in [-0.4, -0.2) is 36.4 Å². The van der Waals surface area contributed by atoms with Crippen LogP contribution in [0.15, 0.2) is 23.6 Å². The smallest absolute Gasteiger partial charge is 0.244 e. The van der Waals surface area contributed by atoms with Crippen molar-refractivity contribution in [1.29, 1.82) is 0 Å². The van der Waals surface area contributed by atoms with Gasteiger partial charge in [0, 0.05) is 30.5 Å². The maximum absolute atomic E-state index is 11.5. The van der Waals surface area contributed by atoms with Crippen molar-refractivity contribution in [3.05, 3.63) is 28.5 Å². The first-order chi connectivity index (χ1) is 8.18. The van der Waals surface area contributed by atoms with Crippen LogP contribution in [0.25, 0.3) is 6.08 Å². The van der Waals surface area contributed by atoms with Gasteiger partial charge in [-0.3, -0.25) is 4.79 Å². The SMILES string of the molecule is O=C(/C=C/c1cccs1)NCC1(O)CCOC1. The second kappa shape index (κ2) is 5.44. The third kappa shape index (κ3) is 3.66. The third-order valence-electron chi connectivity index (χ3n) is 2.62. The van der Waals surface area contributed by atoms with Gasteiger partial charge in [0.2, 0.25) is 5.91 Å². The summed E-state index contributed by atoms with van der Waals surface area (Å²) in [5.41, 5.74) is -0.896. The summed E-state index contributed by atoms with van der Waals surface area (Å²) in [4.78, 5) is 12.5. The molecule has 0 saturated carbocycles. The van der Waals surface area contributed by atoms with Gasteiger partial charge in [-0.05, 0) is 17.5 Å². The number of ether oxygens (including phenoxy) is 1. The summed E-state index contributed by atoms with van der Waals surface area (Å²) in [5, 5.41) is 14.6. The molecular formula is C12H15NO3S. The predicted molar refractivity (Wildman–Crippen MR) is 66.7 cm³/mol. The minimum Gasteiger partial charge on any atom is -0.386 e. The number of aliphatic hydroxyl groups is 1. The zero-order valence-corrected chi connectivity index (χ0v) is 10.2. The molecule has 1 atom stereocenters. The molecule has 1 aromatic heterocycles. The largest absolute Gasteiger partial charge is 0.386 e. The van der Waals surface area contributed by atoms with Crippen molar-refractivity contribution in [3.63, 3.8) is 0 Å². The lowest BCUT2D eigenvalue weighted by atomic mass is 10.0. The highest BCUT2D eigenvalue weighted by atomic mass is 32.1. The molecule has 0 aliphatic carbocycles. The first-order valence-corrected chi connectivity index (χ1v) is 6.35. The Morgan fingerprint density at radius 1 is 1.71 bits per heavy atom. The van der Waals surface area contributed by atoms with Crippen molar-refractivity contribution in [2.45, 2.75) is 12.0 Å². The summed E-state index contributed by atoms with van der Waals surface area (Å²) < 4.78 is 5.09. The van der Waals surface area contributed by atoms with Crippen LogP contribution in [0.1, 0.15) is 11.3 Å². The summed E-state index contributed by atoms with van der Waals surface area (Å²) in [6.07, 6.45) is 3.81. The molecule has 5 heteroatoms. The molecule has 1 unspecified atom stereocenters. The molecule has 1 fully saturated rings. The lowest BCUT2D eigenvalue weighted by Gasteiger charge is -2.19. The van der Waals surface area contributed by atoms with E-state index in [1.54, 1.807) is 17.4 Å². The zero-order chi connectivity index (χ0) is 12.1. The van der Waals surface area contributed by atoms with E-state index in [0.29, 0.717) is 19.6 Å². The van der Waals surface area contributed by atoms with Crippen LogP contribution < -0.4 is 5.32 Å². The second-order valence-electron chi connectivity index (χ2n) is 4.09. The van der Waals surface area contributed by atoms with Crippen LogP contribution in [0.2, 0.25) is 0 Å². The Hall–Kier alpha value is -1.17. The highest BCUT2D eigenvalue weighted by Gasteiger charge is 2.32.